The number of hydrogen-bond donors (Lipinski definition) is 2. The van der Waals surface area contributed by atoms with Crippen LogP contribution in [-0.4, -0.2) is 26.0 Å². The van der Waals surface area contributed by atoms with Gasteiger partial charge in [-0.15, -0.1) is 0 Å². The zero-order valence-electron chi connectivity index (χ0n) is 10.4. The third-order valence-electron chi connectivity index (χ3n) is 3.05. The molecule has 2 rings (SSSR count). The summed E-state index contributed by atoms with van der Waals surface area (Å²) in [5.41, 5.74) is 5.90. The van der Waals surface area contributed by atoms with E-state index in [1.54, 1.807) is 0 Å². The number of thioether (sulfide) groups is 1. The maximum Gasteiger partial charge on any atom is 0.240 e. The Hall–Kier alpha value is -0.430. The van der Waals surface area contributed by atoms with Crippen molar-refractivity contribution in [3.8, 4) is 0 Å². The van der Waals surface area contributed by atoms with Crippen molar-refractivity contribution in [1.82, 2.24) is 4.72 Å². The highest BCUT2D eigenvalue weighted by Gasteiger charge is 2.19. The summed E-state index contributed by atoms with van der Waals surface area (Å²) in [6.07, 6.45) is 3.46. The third kappa shape index (κ3) is 4.02. The minimum atomic E-state index is -3.50. The lowest BCUT2D eigenvalue weighted by Gasteiger charge is -2.21. The Morgan fingerprint density at radius 2 is 2.21 bits per heavy atom. The summed E-state index contributed by atoms with van der Waals surface area (Å²) < 4.78 is 26.9. The third-order valence-corrected chi connectivity index (χ3v) is 6.22. The number of nitrogens with two attached hydrogens (primary N) is 1. The van der Waals surface area contributed by atoms with E-state index in [9.17, 15) is 8.42 Å². The van der Waals surface area contributed by atoms with Gasteiger partial charge in [0.05, 0.1) is 15.6 Å². The van der Waals surface area contributed by atoms with Crippen molar-refractivity contribution in [3.05, 3.63) is 23.2 Å². The molecule has 4 nitrogen and oxygen atoms in total. The predicted octanol–water partition coefficient (Wildman–Crippen LogP) is 2.49. The molecule has 1 atom stereocenters. The largest absolute Gasteiger partial charge is 0.397 e. The molecule has 1 fully saturated rings. The Kier molecular flexibility index (Phi) is 5.00. The van der Waals surface area contributed by atoms with Crippen LogP contribution in [0.3, 0.4) is 0 Å². The Morgan fingerprint density at radius 3 is 2.84 bits per heavy atom. The molecule has 1 aromatic carbocycles. The molecule has 0 aliphatic carbocycles. The second kappa shape index (κ2) is 6.35. The van der Waals surface area contributed by atoms with Gasteiger partial charge >= 0.3 is 0 Å². The first-order valence-corrected chi connectivity index (χ1v) is 9.06. The molecule has 1 heterocycles. The molecule has 0 aromatic heterocycles. The van der Waals surface area contributed by atoms with E-state index in [1.165, 1.54) is 31.0 Å². The van der Waals surface area contributed by atoms with Crippen molar-refractivity contribution in [2.24, 2.45) is 0 Å². The lowest BCUT2D eigenvalue weighted by Crippen LogP contribution is -2.32. The number of hydrogen-bond acceptors (Lipinski definition) is 4. The van der Waals surface area contributed by atoms with Crippen molar-refractivity contribution >= 4 is 39.1 Å². The highest BCUT2D eigenvalue weighted by atomic mass is 35.5. The molecule has 106 valence electrons. The van der Waals surface area contributed by atoms with Crippen molar-refractivity contribution < 1.29 is 8.42 Å². The molecule has 0 radical (unpaired) electrons. The molecule has 1 aliphatic rings. The van der Waals surface area contributed by atoms with Gasteiger partial charge in [-0.1, -0.05) is 18.0 Å². The van der Waals surface area contributed by atoms with Crippen LogP contribution in [0.25, 0.3) is 0 Å². The first kappa shape index (κ1) is 15.0. The number of benzene rings is 1. The van der Waals surface area contributed by atoms with E-state index in [2.05, 4.69) is 4.72 Å². The maximum absolute atomic E-state index is 12.1. The minimum absolute atomic E-state index is 0.162. The Bertz CT molecular complexity index is 543. The van der Waals surface area contributed by atoms with Gasteiger partial charge < -0.3 is 5.73 Å². The van der Waals surface area contributed by atoms with E-state index >= 15 is 0 Å². The fourth-order valence-corrected chi connectivity index (χ4v) is 4.52. The number of rotatable bonds is 4. The van der Waals surface area contributed by atoms with Crippen LogP contribution >= 0.6 is 23.4 Å². The molecule has 1 aromatic rings. The molecular weight excluding hydrogens is 304 g/mol. The lowest BCUT2D eigenvalue weighted by atomic mass is 10.2. The summed E-state index contributed by atoms with van der Waals surface area (Å²) in [4.78, 5) is 0.162. The zero-order valence-corrected chi connectivity index (χ0v) is 12.8. The van der Waals surface area contributed by atoms with Gasteiger partial charge in [0.2, 0.25) is 10.0 Å². The van der Waals surface area contributed by atoms with Crippen molar-refractivity contribution in [1.29, 1.82) is 0 Å². The van der Waals surface area contributed by atoms with Crippen LogP contribution in [0.5, 0.6) is 0 Å². The quantitative estimate of drug-likeness (QED) is 0.836. The summed E-state index contributed by atoms with van der Waals surface area (Å²) in [6, 6.07) is 4.36. The Morgan fingerprint density at radius 1 is 1.42 bits per heavy atom. The highest BCUT2D eigenvalue weighted by Crippen LogP contribution is 2.25. The van der Waals surface area contributed by atoms with Crippen LogP contribution in [0.4, 0.5) is 5.69 Å². The number of nitrogens with one attached hydrogen (secondary N) is 1. The summed E-state index contributed by atoms with van der Waals surface area (Å²) >= 11 is 7.62. The molecule has 1 aliphatic heterocycles. The van der Waals surface area contributed by atoms with E-state index in [-0.39, 0.29) is 10.6 Å². The standard InChI is InChI=1S/C12H17ClN2O2S2/c13-11-5-4-10(7-12(11)14)19(16,17)15-8-9-3-1-2-6-18-9/h4-5,7,9,15H,1-3,6,8,14H2. The minimum Gasteiger partial charge on any atom is -0.397 e. The van der Waals surface area contributed by atoms with Crippen LogP contribution in [0.2, 0.25) is 5.02 Å². The van der Waals surface area contributed by atoms with E-state index in [0.717, 1.165) is 12.2 Å². The average molecular weight is 321 g/mol. The van der Waals surface area contributed by atoms with Gasteiger partial charge in [-0.3, -0.25) is 0 Å². The molecule has 0 spiro atoms. The molecule has 1 unspecified atom stereocenters. The molecule has 1 saturated heterocycles. The van der Waals surface area contributed by atoms with E-state index < -0.39 is 10.0 Å². The zero-order chi connectivity index (χ0) is 13.9. The molecular formula is C12H17ClN2O2S2. The monoisotopic (exact) mass is 320 g/mol. The number of anilines is 1. The summed E-state index contributed by atoms with van der Waals surface area (Å²) in [5, 5.41) is 0.731. The highest BCUT2D eigenvalue weighted by molar-refractivity contribution is 8.00. The van der Waals surface area contributed by atoms with Gasteiger partial charge in [0.15, 0.2) is 0 Å². The molecule has 0 amide bonds. The smallest absolute Gasteiger partial charge is 0.240 e. The van der Waals surface area contributed by atoms with Gasteiger partial charge in [-0.2, -0.15) is 11.8 Å². The fraction of sp³-hybridized carbons (Fsp3) is 0.500. The summed E-state index contributed by atoms with van der Waals surface area (Å²) in [5.74, 6) is 1.11. The second-order valence-corrected chi connectivity index (χ2v) is 8.11. The van der Waals surface area contributed by atoms with E-state index in [4.69, 9.17) is 17.3 Å². The second-order valence-electron chi connectivity index (χ2n) is 4.52. The van der Waals surface area contributed by atoms with E-state index in [0.29, 0.717) is 16.8 Å². The molecule has 0 saturated carbocycles. The average Bonchev–Trinajstić information content (AvgIpc) is 2.41. The predicted molar refractivity (Wildman–Crippen MR) is 81.1 cm³/mol. The Labute approximate surface area is 123 Å². The summed E-state index contributed by atoms with van der Waals surface area (Å²) in [6.45, 7) is 0.468. The van der Waals surface area contributed by atoms with Crippen LogP contribution < -0.4 is 10.5 Å². The molecule has 7 heteroatoms. The lowest BCUT2D eigenvalue weighted by molar-refractivity contribution is 0.574. The molecule has 3 N–H and O–H groups in total. The van der Waals surface area contributed by atoms with Gasteiger partial charge in [0, 0.05) is 11.8 Å². The van der Waals surface area contributed by atoms with Crippen LogP contribution in [-0.2, 0) is 10.0 Å². The van der Waals surface area contributed by atoms with Gasteiger partial charge in [0.25, 0.3) is 0 Å². The fourth-order valence-electron chi connectivity index (χ4n) is 1.94. The SMILES string of the molecule is Nc1cc(S(=O)(=O)NCC2CCCCS2)ccc1Cl. The van der Waals surface area contributed by atoms with E-state index in [1.807, 2.05) is 11.8 Å². The normalized spacial score (nSPS) is 20.4. The number of nitrogen functional groups attached to an aromatic ring is 1. The molecule has 0 bridgehead atoms. The first-order valence-electron chi connectivity index (χ1n) is 6.15. The van der Waals surface area contributed by atoms with Crippen LogP contribution in [0.1, 0.15) is 19.3 Å². The number of halogens is 1. The van der Waals surface area contributed by atoms with Crippen molar-refractivity contribution in [2.75, 3.05) is 18.0 Å². The first-order chi connectivity index (χ1) is 8.99. The molecule has 19 heavy (non-hydrogen) atoms. The Balaban J connectivity index is 2.02. The maximum atomic E-state index is 12.1. The van der Waals surface area contributed by atoms with Gasteiger partial charge in [-0.25, -0.2) is 13.1 Å². The van der Waals surface area contributed by atoms with Crippen molar-refractivity contribution in [2.45, 2.75) is 29.4 Å². The number of sulfonamides is 1. The van der Waals surface area contributed by atoms with Gasteiger partial charge in [0.1, 0.15) is 0 Å². The van der Waals surface area contributed by atoms with Crippen LogP contribution in [0, 0.1) is 0 Å². The summed E-state index contributed by atoms with van der Waals surface area (Å²) in [7, 11) is -3.50. The topological polar surface area (TPSA) is 72.2 Å². The van der Waals surface area contributed by atoms with Crippen LogP contribution in [0.15, 0.2) is 23.1 Å². The van der Waals surface area contributed by atoms with Crippen molar-refractivity contribution in [3.63, 3.8) is 0 Å². The van der Waals surface area contributed by atoms with Gasteiger partial charge in [-0.05, 0) is 36.8 Å².